The number of hydroxylamine groups is 1. The fourth-order valence-electron chi connectivity index (χ4n) is 3.17. The molecule has 10 heteroatoms. The summed E-state index contributed by atoms with van der Waals surface area (Å²) in [4.78, 5) is 36.0. The van der Waals surface area contributed by atoms with E-state index in [-0.39, 0.29) is 23.7 Å². The molecular formula is C27H25FN4O5. The zero-order valence-corrected chi connectivity index (χ0v) is 19.8. The van der Waals surface area contributed by atoms with E-state index in [0.717, 1.165) is 0 Å². The molecule has 3 amide bonds. The molecular weight excluding hydrogens is 479 g/mol. The number of nitrogens with one attached hydrogen (secondary N) is 4. The summed E-state index contributed by atoms with van der Waals surface area (Å²) in [5.41, 5.74) is 3.78. The van der Waals surface area contributed by atoms with Crippen LogP contribution in [0, 0.1) is 17.7 Å². The molecule has 6 N–H and O–H groups in total. The van der Waals surface area contributed by atoms with Crippen LogP contribution >= 0.6 is 0 Å². The monoisotopic (exact) mass is 504 g/mol. The van der Waals surface area contributed by atoms with Crippen LogP contribution in [0.1, 0.15) is 28.4 Å². The van der Waals surface area contributed by atoms with Gasteiger partial charge in [0.15, 0.2) is 0 Å². The molecule has 9 nitrogen and oxygen atoms in total. The number of anilines is 2. The fraction of sp³-hybridized carbons (Fsp3) is 0.148. The number of halogens is 1. The van der Waals surface area contributed by atoms with Gasteiger partial charge in [-0.2, -0.15) is 0 Å². The number of rotatable bonds is 8. The lowest BCUT2D eigenvalue weighted by Gasteiger charge is -2.19. The Hall–Kier alpha value is -4.72. The maximum atomic E-state index is 13.6. The summed E-state index contributed by atoms with van der Waals surface area (Å²) in [6.07, 6.45) is -1.21. The largest absolute Gasteiger partial charge is 0.391 e. The van der Waals surface area contributed by atoms with Gasteiger partial charge in [-0.15, -0.1) is 0 Å². The second-order valence-electron chi connectivity index (χ2n) is 7.95. The molecule has 2 atom stereocenters. The van der Waals surface area contributed by atoms with Gasteiger partial charge in [0.1, 0.15) is 11.9 Å². The van der Waals surface area contributed by atoms with Crippen LogP contribution in [0.5, 0.6) is 0 Å². The van der Waals surface area contributed by atoms with E-state index in [2.05, 4.69) is 27.8 Å². The number of aliphatic hydroxyl groups excluding tert-OH is 1. The van der Waals surface area contributed by atoms with E-state index in [0.29, 0.717) is 16.8 Å². The first-order valence-corrected chi connectivity index (χ1v) is 11.2. The molecule has 0 aliphatic carbocycles. The minimum atomic E-state index is -1.31. The normalized spacial score (nSPS) is 11.8. The highest BCUT2D eigenvalue weighted by molar-refractivity contribution is 5.97. The SMILES string of the molecule is C[C@@H](O)[C@H](NC(=O)c1ccc(C#Cc2ccc(NC(=O)CNc3ccccc3F)cc2)cc1)C(=O)NO. The maximum Gasteiger partial charge on any atom is 0.268 e. The molecule has 0 fully saturated rings. The third-order valence-electron chi connectivity index (χ3n) is 5.14. The van der Waals surface area contributed by atoms with Gasteiger partial charge in [-0.3, -0.25) is 19.6 Å². The fourth-order valence-corrected chi connectivity index (χ4v) is 3.17. The Kier molecular flexibility index (Phi) is 9.32. The van der Waals surface area contributed by atoms with Crippen LogP contribution in [0.15, 0.2) is 72.8 Å². The summed E-state index contributed by atoms with van der Waals surface area (Å²) < 4.78 is 13.6. The molecule has 0 unspecified atom stereocenters. The lowest BCUT2D eigenvalue weighted by atomic mass is 10.1. The Morgan fingerprint density at radius 1 is 0.919 bits per heavy atom. The summed E-state index contributed by atoms with van der Waals surface area (Å²) in [6.45, 7) is 1.22. The van der Waals surface area contributed by atoms with Crippen molar-refractivity contribution in [3.63, 3.8) is 0 Å². The molecule has 0 bridgehead atoms. The molecule has 190 valence electrons. The van der Waals surface area contributed by atoms with Gasteiger partial charge >= 0.3 is 0 Å². The molecule has 3 aromatic rings. The molecule has 37 heavy (non-hydrogen) atoms. The standard InChI is InChI=1S/C27H25FN4O5/c1-17(33)25(27(36)32-37)31-26(35)20-12-8-18(9-13-20)6-7-19-10-14-21(15-11-19)30-24(34)16-29-23-5-3-2-4-22(23)28/h2-5,8-15,17,25,29,33,37H,16H2,1H3,(H,30,34)(H,31,35)(H,32,36)/t17-,25+/m1/s1. The first-order chi connectivity index (χ1) is 17.8. The predicted octanol–water partition coefficient (Wildman–Crippen LogP) is 2.26. The Morgan fingerprint density at radius 3 is 2.08 bits per heavy atom. The minimum Gasteiger partial charge on any atom is -0.391 e. The Morgan fingerprint density at radius 2 is 1.51 bits per heavy atom. The van der Waals surface area contributed by atoms with Crippen molar-refractivity contribution in [1.82, 2.24) is 10.8 Å². The van der Waals surface area contributed by atoms with Crippen LogP contribution in [0.2, 0.25) is 0 Å². The van der Waals surface area contributed by atoms with E-state index >= 15 is 0 Å². The topological polar surface area (TPSA) is 140 Å². The molecule has 0 radical (unpaired) electrons. The molecule has 0 saturated heterocycles. The van der Waals surface area contributed by atoms with Gasteiger partial charge in [0, 0.05) is 22.4 Å². The lowest BCUT2D eigenvalue weighted by Crippen LogP contribution is -2.51. The molecule has 3 aromatic carbocycles. The second-order valence-corrected chi connectivity index (χ2v) is 7.95. The van der Waals surface area contributed by atoms with Gasteiger partial charge in [-0.1, -0.05) is 24.0 Å². The molecule has 0 spiro atoms. The number of carbonyl (C=O) groups is 3. The summed E-state index contributed by atoms with van der Waals surface area (Å²) >= 11 is 0. The highest BCUT2D eigenvalue weighted by atomic mass is 19.1. The van der Waals surface area contributed by atoms with Crippen molar-refractivity contribution in [2.75, 3.05) is 17.2 Å². The highest BCUT2D eigenvalue weighted by Crippen LogP contribution is 2.13. The van der Waals surface area contributed by atoms with Crippen LogP contribution in [0.3, 0.4) is 0 Å². The molecule has 0 heterocycles. The van der Waals surface area contributed by atoms with E-state index in [1.165, 1.54) is 30.6 Å². The Labute approximate surface area is 212 Å². The lowest BCUT2D eigenvalue weighted by molar-refractivity contribution is -0.133. The quantitative estimate of drug-likeness (QED) is 0.158. The summed E-state index contributed by atoms with van der Waals surface area (Å²) in [5.74, 6) is 3.64. The number of amides is 3. The second kappa shape index (κ2) is 12.8. The average Bonchev–Trinajstić information content (AvgIpc) is 2.90. The third kappa shape index (κ3) is 7.90. The predicted molar refractivity (Wildman–Crippen MR) is 135 cm³/mol. The Bertz CT molecular complexity index is 1320. The van der Waals surface area contributed by atoms with Crippen LogP contribution < -0.4 is 21.4 Å². The number of para-hydroxylation sites is 1. The van der Waals surface area contributed by atoms with E-state index in [9.17, 15) is 23.9 Å². The number of hydrogen-bond acceptors (Lipinski definition) is 6. The number of hydrogen-bond donors (Lipinski definition) is 6. The van der Waals surface area contributed by atoms with Crippen LogP contribution in [-0.2, 0) is 9.59 Å². The molecule has 0 aliphatic heterocycles. The van der Waals surface area contributed by atoms with Crippen molar-refractivity contribution in [3.8, 4) is 11.8 Å². The molecule has 0 saturated carbocycles. The first kappa shape index (κ1) is 26.9. The number of aliphatic hydroxyl groups is 1. The Balaban J connectivity index is 1.54. The van der Waals surface area contributed by atoms with Crippen LogP contribution in [0.25, 0.3) is 0 Å². The molecule has 3 rings (SSSR count). The van der Waals surface area contributed by atoms with Gasteiger partial charge in [-0.05, 0) is 67.6 Å². The van der Waals surface area contributed by atoms with Crippen molar-refractivity contribution in [2.45, 2.75) is 19.1 Å². The van der Waals surface area contributed by atoms with Crippen molar-refractivity contribution < 1.29 is 29.1 Å². The van der Waals surface area contributed by atoms with Gasteiger partial charge in [0.25, 0.3) is 11.8 Å². The third-order valence-corrected chi connectivity index (χ3v) is 5.14. The number of carbonyl (C=O) groups excluding carboxylic acids is 3. The number of benzene rings is 3. The van der Waals surface area contributed by atoms with Crippen molar-refractivity contribution in [3.05, 3.63) is 95.3 Å². The van der Waals surface area contributed by atoms with Gasteiger partial charge in [0.2, 0.25) is 5.91 Å². The zero-order chi connectivity index (χ0) is 26.8. The van der Waals surface area contributed by atoms with Gasteiger partial charge in [0.05, 0.1) is 18.3 Å². The summed E-state index contributed by atoms with van der Waals surface area (Å²) in [6, 6.07) is 17.9. The summed E-state index contributed by atoms with van der Waals surface area (Å²) in [5, 5.41) is 26.2. The first-order valence-electron chi connectivity index (χ1n) is 11.2. The van der Waals surface area contributed by atoms with Crippen molar-refractivity contribution in [1.29, 1.82) is 0 Å². The van der Waals surface area contributed by atoms with E-state index in [1.807, 2.05) is 0 Å². The van der Waals surface area contributed by atoms with Crippen molar-refractivity contribution in [2.24, 2.45) is 0 Å². The van der Waals surface area contributed by atoms with Gasteiger partial charge in [-0.25, -0.2) is 9.87 Å². The average molecular weight is 505 g/mol. The van der Waals surface area contributed by atoms with Gasteiger partial charge < -0.3 is 21.1 Å². The molecule has 0 aliphatic rings. The smallest absolute Gasteiger partial charge is 0.268 e. The van der Waals surface area contributed by atoms with E-state index in [4.69, 9.17) is 5.21 Å². The van der Waals surface area contributed by atoms with Crippen molar-refractivity contribution >= 4 is 29.1 Å². The maximum absolute atomic E-state index is 13.6. The van der Waals surface area contributed by atoms with E-state index in [1.54, 1.807) is 54.6 Å². The zero-order valence-electron chi connectivity index (χ0n) is 19.8. The van der Waals surface area contributed by atoms with Crippen LogP contribution in [-0.4, -0.2) is 46.7 Å². The summed E-state index contributed by atoms with van der Waals surface area (Å²) in [7, 11) is 0. The minimum absolute atomic E-state index is 0.0924. The van der Waals surface area contributed by atoms with Crippen LogP contribution in [0.4, 0.5) is 15.8 Å². The van der Waals surface area contributed by atoms with E-state index < -0.39 is 29.8 Å². The molecule has 0 aromatic heterocycles. The highest BCUT2D eigenvalue weighted by Gasteiger charge is 2.25.